The monoisotopic (exact) mass is 421 g/mol. The van der Waals surface area contributed by atoms with E-state index in [4.69, 9.17) is 4.74 Å². The maximum Gasteiger partial charge on any atom is 0.258 e. The topological polar surface area (TPSA) is 87.7 Å². The molecule has 1 heterocycles. The Hall–Kier alpha value is -3.35. The lowest BCUT2D eigenvalue weighted by molar-refractivity contribution is -0.123. The Labute approximate surface area is 181 Å². The fourth-order valence-electron chi connectivity index (χ4n) is 3.69. The molecule has 1 aliphatic carbocycles. The molecular formula is C24H27N3O4. The van der Waals surface area contributed by atoms with E-state index in [0.29, 0.717) is 36.9 Å². The Balaban J connectivity index is 1.22. The van der Waals surface area contributed by atoms with Gasteiger partial charge < -0.3 is 20.3 Å². The molecule has 162 valence electrons. The summed E-state index contributed by atoms with van der Waals surface area (Å²) in [6.45, 7) is 2.76. The highest BCUT2D eigenvalue weighted by molar-refractivity contribution is 5.97. The van der Waals surface area contributed by atoms with Gasteiger partial charge in [-0.1, -0.05) is 12.1 Å². The molecule has 0 radical (unpaired) electrons. The summed E-state index contributed by atoms with van der Waals surface area (Å²) in [5.74, 6) is 0.464. The van der Waals surface area contributed by atoms with Crippen LogP contribution >= 0.6 is 0 Å². The van der Waals surface area contributed by atoms with Gasteiger partial charge in [-0.3, -0.25) is 14.4 Å². The summed E-state index contributed by atoms with van der Waals surface area (Å²) in [5, 5.41) is 5.83. The summed E-state index contributed by atoms with van der Waals surface area (Å²) in [6, 6.07) is 13.4. The van der Waals surface area contributed by atoms with Crippen molar-refractivity contribution >= 4 is 23.4 Å². The molecule has 3 amide bonds. The predicted molar refractivity (Wildman–Crippen MR) is 117 cm³/mol. The molecule has 2 N–H and O–H groups in total. The fraction of sp³-hybridized carbons (Fsp3) is 0.375. The average molecular weight is 421 g/mol. The van der Waals surface area contributed by atoms with Crippen molar-refractivity contribution in [2.75, 3.05) is 24.6 Å². The van der Waals surface area contributed by atoms with Gasteiger partial charge in [0.25, 0.3) is 11.8 Å². The molecule has 1 saturated carbocycles. The highest BCUT2D eigenvalue weighted by Crippen LogP contribution is 2.28. The summed E-state index contributed by atoms with van der Waals surface area (Å²) >= 11 is 0. The molecule has 0 aromatic heterocycles. The maximum atomic E-state index is 12.5. The van der Waals surface area contributed by atoms with E-state index in [0.717, 1.165) is 36.1 Å². The largest absolute Gasteiger partial charge is 0.484 e. The van der Waals surface area contributed by atoms with Crippen molar-refractivity contribution in [2.24, 2.45) is 0 Å². The first-order valence-corrected chi connectivity index (χ1v) is 10.7. The second kappa shape index (κ2) is 9.20. The Morgan fingerprint density at radius 3 is 2.58 bits per heavy atom. The van der Waals surface area contributed by atoms with Crippen LogP contribution in [0.1, 0.15) is 41.3 Å². The van der Waals surface area contributed by atoms with Crippen molar-refractivity contribution in [1.82, 2.24) is 10.6 Å². The maximum absolute atomic E-state index is 12.5. The van der Waals surface area contributed by atoms with Gasteiger partial charge in [0.15, 0.2) is 6.61 Å². The van der Waals surface area contributed by atoms with Crippen LogP contribution in [0.25, 0.3) is 0 Å². The van der Waals surface area contributed by atoms with Crippen molar-refractivity contribution in [3.63, 3.8) is 0 Å². The van der Waals surface area contributed by atoms with E-state index in [1.165, 1.54) is 0 Å². The molecule has 0 unspecified atom stereocenters. The molecule has 31 heavy (non-hydrogen) atoms. The van der Waals surface area contributed by atoms with E-state index < -0.39 is 0 Å². The highest BCUT2D eigenvalue weighted by atomic mass is 16.5. The number of hydrogen-bond acceptors (Lipinski definition) is 4. The number of rotatable bonds is 8. The summed E-state index contributed by atoms with van der Waals surface area (Å²) in [4.78, 5) is 37.5. The minimum absolute atomic E-state index is 0.0221. The van der Waals surface area contributed by atoms with E-state index in [1.807, 2.05) is 36.4 Å². The Kier molecular flexibility index (Phi) is 6.21. The molecule has 2 aliphatic rings. The first-order valence-electron chi connectivity index (χ1n) is 10.7. The molecule has 7 heteroatoms. The number of carbonyl (C=O) groups is 3. The lowest BCUT2D eigenvalue weighted by Gasteiger charge is -2.14. The number of hydrogen-bond donors (Lipinski definition) is 2. The predicted octanol–water partition coefficient (Wildman–Crippen LogP) is 2.23. The molecular weight excluding hydrogens is 394 g/mol. The van der Waals surface area contributed by atoms with Crippen LogP contribution in [0, 0.1) is 0 Å². The zero-order chi connectivity index (χ0) is 21.8. The summed E-state index contributed by atoms with van der Waals surface area (Å²) in [6.07, 6.45) is 3.58. The van der Waals surface area contributed by atoms with Crippen LogP contribution in [0.5, 0.6) is 5.75 Å². The van der Waals surface area contributed by atoms with Gasteiger partial charge in [-0.25, -0.2) is 0 Å². The lowest BCUT2D eigenvalue weighted by atomic mass is 10.1. The number of anilines is 1. The van der Waals surface area contributed by atoms with Crippen LogP contribution in [0.2, 0.25) is 0 Å². The van der Waals surface area contributed by atoms with Gasteiger partial charge in [0, 0.05) is 37.3 Å². The molecule has 4 rings (SSSR count). The molecule has 2 aromatic rings. The van der Waals surface area contributed by atoms with Crippen molar-refractivity contribution in [3.8, 4) is 5.75 Å². The molecule has 1 fully saturated rings. The van der Waals surface area contributed by atoms with Gasteiger partial charge in [0.1, 0.15) is 5.75 Å². The zero-order valence-corrected chi connectivity index (χ0v) is 17.6. The number of carbonyl (C=O) groups excluding carboxylic acids is 3. The summed E-state index contributed by atoms with van der Waals surface area (Å²) < 4.78 is 5.50. The first-order chi connectivity index (χ1) is 15.0. The smallest absolute Gasteiger partial charge is 0.258 e. The minimum Gasteiger partial charge on any atom is -0.484 e. The van der Waals surface area contributed by atoms with Gasteiger partial charge in [-0.05, 0) is 67.1 Å². The van der Waals surface area contributed by atoms with E-state index in [-0.39, 0.29) is 24.3 Å². The van der Waals surface area contributed by atoms with Crippen molar-refractivity contribution in [3.05, 3.63) is 59.2 Å². The second-order valence-electron chi connectivity index (χ2n) is 8.04. The van der Waals surface area contributed by atoms with Crippen LogP contribution in [-0.4, -0.2) is 43.5 Å². The number of nitrogens with zero attached hydrogens (tertiary/aromatic N) is 1. The zero-order valence-electron chi connectivity index (χ0n) is 17.6. The van der Waals surface area contributed by atoms with Gasteiger partial charge in [-0.2, -0.15) is 0 Å². The number of amides is 3. The Morgan fingerprint density at radius 2 is 1.87 bits per heavy atom. The van der Waals surface area contributed by atoms with E-state index in [2.05, 4.69) is 10.6 Å². The third-order valence-corrected chi connectivity index (χ3v) is 5.55. The summed E-state index contributed by atoms with van der Waals surface area (Å²) in [7, 11) is 0. The third-order valence-electron chi connectivity index (χ3n) is 5.55. The van der Waals surface area contributed by atoms with Gasteiger partial charge in [0.2, 0.25) is 5.91 Å². The molecule has 0 atom stereocenters. The Bertz CT molecular complexity index is 983. The van der Waals surface area contributed by atoms with E-state index >= 15 is 0 Å². The molecule has 0 bridgehead atoms. The molecule has 2 aromatic carbocycles. The van der Waals surface area contributed by atoms with Gasteiger partial charge in [0.05, 0.1) is 0 Å². The van der Waals surface area contributed by atoms with Crippen LogP contribution < -0.4 is 20.3 Å². The normalized spacial score (nSPS) is 14.7. The second-order valence-corrected chi connectivity index (χ2v) is 8.04. The van der Waals surface area contributed by atoms with Gasteiger partial charge in [-0.15, -0.1) is 0 Å². The average Bonchev–Trinajstić information content (AvgIpc) is 3.47. The van der Waals surface area contributed by atoms with Crippen LogP contribution in [0.15, 0.2) is 42.5 Å². The molecule has 0 saturated heterocycles. The lowest BCUT2D eigenvalue weighted by Crippen LogP contribution is -2.30. The van der Waals surface area contributed by atoms with Crippen molar-refractivity contribution in [2.45, 2.75) is 38.6 Å². The molecule has 7 nitrogen and oxygen atoms in total. The van der Waals surface area contributed by atoms with Crippen molar-refractivity contribution < 1.29 is 19.1 Å². The first kappa shape index (κ1) is 20.9. The number of fused-ring (bicyclic) bond motifs is 1. The fourth-order valence-corrected chi connectivity index (χ4v) is 3.69. The van der Waals surface area contributed by atoms with Crippen LogP contribution in [-0.2, 0) is 22.4 Å². The number of benzene rings is 2. The van der Waals surface area contributed by atoms with Crippen LogP contribution in [0.3, 0.4) is 0 Å². The number of nitrogens with one attached hydrogen (secondary N) is 2. The van der Waals surface area contributed by atoms with Crippen LogP contribution in [0.4, 0.5) is 5.69 Å². The quantitative estimate of drug-likeness (QED) is 0.684. The number of ether oxygens (including phenoxy) is 1. The Morgan fingerprint density at radius 1 is 1.10 bits per heavy atom. The standard InChI is InChI=1S/C24H27N3O4/c1-16(28)27-13-11-18-14-19(4-9-22(18)27)24(30)25-12-10-17-2-7-21(8-3-17)31-15-23(29)26-20-5-6-20/h2-4,7-9,14,20H,5-6,10-13,15H2,1H3,(H,25,30)(H,26,29). The SMILES string of the molecule is CC(=O)N1CCc2cc(C(=O)NCCc3ccc(OCC(=O)NC4CC4)cc3)ccc21. The molecule has 1 aliphatic heterocycles. The van der Waals surface area contributed by atoms with Crippen molar-refractivity contribution in [1.29, 1.82) is 0 Å². The summed E-state index contributed by atoms with van der Waals surface area (Å²) in [5.41, 5.74) is 3.61. The third kappa shape index (κ3) is 5.42. The highest BCUT2D eigenvalue weighted by Gasteiger charge is 2.24. The minimum atomic E-state index is -0.120. The molecule has 0 spiro atoms. The van der Waals surface area contributed by atoms with E-state index in [9.17, 15) is 14.4 Å². The van der Waals surface area contributed by atoms with Gasteiger partial charge >= 0.3 is 0 Å². The van der Waals surface area contributed by atoms with E-state index in [1.54, 1.807) is 17.9 Å².